The van der Waals surface area contributed by atoms with Crippen molar-refractivity contribution >= 4 is 41.5 Å². The summed E-state index contributed by atoms with van der Waals surface area (Å²) in [5, 5.41) is 11.2. The summed E-state index contributed by atoms with van der Waals surface area (Å²) >= 11 is 5.98. The lowest BCUT2D eigenvalue weighted by atomic mass is 10.1. The Balaban J connectivity index is 0.00000312. The molecule has 0 unspecified atom stereocenters. The molecule has 0 amide bonds. The number of nitrogens with zero attached hydrogens (tertiary/aromatic N) is 3. The number of hydrogen-bond donors (Lipinski definition) is 2. The molecule has 0 radical (unpaired) electrons. The van der Waals surface area contributed by atoms with Crippen LogP contribution in [0.4, 0.5) is 0 Å². The molecule has 1 heterocycles. The van der Waals surface area contributed by atoms with E-state index < -0.39 is 0 Å². The van der Waals surface area contributed by atoms with Gasteiger partial charge in [-0.15, -0.1) is 24.0 Å². The number of hydrogen-bond acceptors (Lipinski definition) is 4. The van der Waals surface area contributed by atoms with Crippen LogP contribution >= 0.6 is 35.6 Å². The minimum absolute atomic E-state index is 0. The Hall–Kier alpha value is -1.35. The molecule has 8 heteroatoms. The van der Waals surface area contributed by atoms with Gasteiger partial charge in [-0.05, 0) is 39.8 Å². The Bertz CT molecular complexity index is 696. The van der Waals surface area contributed by atoms with Crippen LogP contribution in [0.3, 0.4) is 0 Å². The second kappa shape index (κ2) is 9.96. The van der Waals surface area contributed by atoms with Crippen LogP contribution < -0.4 is 10.6 Å². The van der Waals surface area contributed by atoms with Crippen LogP contribution in [0.15, 0.2) is 33.8 Å². The van der Waals surface area contributed by atoms with Crippen molar-refractivity contribution in [3.8, 4) is 11.4 Å². The molecule has 0 aliphatic carbocycles. The van der Waals surface area contributed by atoms with E-state index >= 15 is 0 Å². The van der Waals surface area contributed by atoms with Gasteiger partial charge in [0, 0.05) is 29.1 Å². The van der Waals surface area contributed by atoms with Gasteiger partial charge in [-0.3, -0.25) is 4.99 Å². The smallest absolute Gasteiger partial charge is 0.228 e. The third kappa shape index (κ3) is 7.60. The van der Waals surface area contributed by atoms with E-state index in [1.165, 1.54) is 0 Å². The maximum absolute atomic E-state index is 5.98. The summed E-state index contributed by atoms with van der Waals surface area (Å²) in [4.78, 5) is 8.93. The minimum atomic E-state index is -0.0504. The largest absolute Gasteiger partial charge is 0.357 e. The zero-order valence-electron chi connectivity index (χ0n) is 15.0. The fraction of sp³-hybridized carbons (Fsp3) is 0.471. The molecule has 0 saturated carbocycles. The van der Waals surface area contributed by atoms with E-state index in [-0.39, 0.29) is 29.5 Å². The van der Waals surface area contributed by atoms with Gasteiger partial charge in [0.05, 0.1) is 6.54 Å². The van der Waals surface area contributed by atoms with E-state index in [1.807, 2.05) is 31.2 Å². The van der Waals surface area contributed by atoms with Crippen LogP contribution in [-0.4, -0.2) is 34.7 Å². The third-order valence-electron chi connectivity index (χ3n) is 2.98. The summed E-state index contributed by atoms with van der Waals surface area (Å²) in [6, 6.07) is 7.38. The van der Waals surface area contributed by atoms with Gasteiger partial charge >= 0.3 is 0 Å². The number of aliphatic imine (C=N–C) groups is 1. The molecule has 0 spiro atoms. The van der Waals surface area contributed by atoms with Gasteiger partial charge in [0.1, 0.15) is 0 Å². The Morgan fingerprint density at radius 2 is 2.08 bits per heavy atom. The molecule has 0 aliphatic heterocycles. The van der Waals surface area contributed by atoms with E-state index in [0.29, 0.717) is 29.7 Å². The van der Waals surface area contributed by atoms with Gasteiger partial charge in [-0.2, -0.15) is 4.98 Å². The van der Waals surface area contributed by atoms with E-state index in [9.17, 15) is 0 Å². The minimum Gasteiger partial charge on any atom is -0.357 e. The van der Waals surface area contributed by atoms with Gasteiger partial charge in [0.25, 0.3) is 0 Å². The van der Waals surface area contributed by atoms with Crippen LogP contribution in [0.5, 0.6) is 0 Å². The van der Waals surface area contributed by atoms with Crippen LogP contribution in [0.2, 0.25) is 5.02 Å². The fourth-order valence-electron chi connectivity index (χ4n) is 2.03. The molecule has 0 saturated heterocycles. The highest BCUT2D eigenvalue weighted by atomic mass is 127. The Morgan fingerprint density at radius 1 is 1.32 bits per heavy atom. The normalized spacial score (nSPS) is 11.8. The lowest BCUT2D eigenvalue weighted by Gasteiger charge is -2.23. The first-order valence-corrected chi connectivity index (χ1v) is 8.40. The van der Waals surface area contributed by atoms with Crippen molar-refractivity contribution in [1.82, 2.24) is 20.8 Å². The highest BCUT2D eigenvalue weighted by molar-refractivity contribution is 14.0. The molecule has 2 N–H and O–H groups in total. The number of nitrogens with one attached hydrogen (secondary N) is 2. The topological polar surface area (TPSA) is 75.3 Å². The average molecular weight is 478 g/mol. The van der Waals surface area contributed by atoms with E-state index in [0.717, 1.165) is 18.1 Å². The second-order valence-electron chi connectivity index (χ2n) is 6.41. The summed E-state index contributed by atoms with van der Waals surface area (Å²) in [5.41, 5.74) is 0.786. The summed E-state index contributed by atoms with van der Waals surface area (Å²) in [7, 11) is 0. The Labute approximate surface area is 170 Å². The Morgan fingerprint density at radius 3 is 2.72 bits per heavy atom. The third-order valence-corrected chi connectivity index (χ3v) is 3.22. The lowest BCUT2D eigenvalue weighted by Crippen LogP contribution is -2.47. The zero-order chi connectivity index (χ0) is 17.6. The van der Waals surface area contributed by atoms with Crippen molar-refractivity contribution in [3.63, 3.8) is 0 Å². The fourth-order valence-corrected chi connectivity index (χ4v) is 2.22. The van der Waals surface area contributed by atoms with Crippen molar-refractivity contribution in [3.05, 3.63) is 35.2 Å². The van der Waals surface area contributed by atoms with E-state index in [1.54, 1.807) is 0 Å². The number of rotatable bonds is 5. The van der Waals surface area contributed by atoms with Gasteiger partial charge in [-0.25, -0.2) is 0 Å². The molecular weight excluding hydrogens is 453 g/mol. The standard InChI is InChI=1S/C17H24ClN5O.HI/c1-5-19-16(22-17(2,3)4)20-10-9-14-21-15(23-24-14)12-7-6-8-13(18)11-12;/h6-8,11H,5,9-10H2,1-4H3,(H2,19,20,22);1H. The molecule has 0 aliphatic rings. The highest BCUT2D eigenvalue weighted by Gasteiger charge is 2.12. The quantitative estimate of drug-likeness (QED) is 0.388. The number of aromatic nitrogens is 2. The molecule has 2 rings (SSSR count). The predicted molar refractivity (Wildman–Crippen MR) is 113 cm³/mol. The average Bonchev–Trinajstić information content (AvgIpc) is 2.95. The maximum atomic E-state index is 5.98. The lowest BCUT2D eigenvalue weighted by molar-refractivity contribution is 0.380. The summed E-state index contributed by atoms with van der Waals surface area (Å²) in [5.74, 6) is 1.87. The van der Waals surface area contributed by atoms with Gasteiger partial charge < -0.3 is 15.2 Å². The first-order valence-electron chi connectivity index (χ1n) is 8.02. The molecule has 0 fully saturated rings. The molecule has 0 bridgehead atoms. The summed E-state index contributed by atoms with van der Waals surface area (Å²) < 4.78 is 5.29. The number of guanidine groups is 1. The summed E-state index contributed by atoms with van der Waals surface area (Å²) in [6.45, 7) is 9.68. The molecular formula is C17H25ClIN5O. The van der Waals surface area contributed by atoms with Crippen molar-refractivity contribution in [1.29, 1.82) is 0 Å². The van der Waals surface area contributed by atoms with Crippen molar-refractivity contribution < 1.29 is 4.52 Å². The Kier molecular flexibility index (Phi) is 8.64. The molecule has 25 heavy (non-hydrogen) atoms. The molecule has 2 aromatic rings. The van der Waals surface area contributed by atoms with Gasteiger partial charge in [0.2, 0.25) is 11.7 Å². The molecule has 138 valence electrons. The van der Waals surface area contributed by atoms with Gasteiger partial charge in [-0.1, -0.05) is 28.9 Å². The first kappa shape index (κ1) is 21.7. The van der Waals surface area contributed by atoms with E-state index in [4.69, 9.17) is 16.1 Å². The monoisotopic (exact) mass is 477 g/mol. The van der Waals surface area contributed by atoms with Crippen LogP contribution in [0.25, 0.3) is 11.4 Å². The molecule has 1 aromatic heterocycles. The maximum Gasteiger partial charge on any atom is 0.228 e. The zero-order valence-corrected chi connectivity index (χ0v) is 18.1. The van der Waals surface area contributed by atoms with Crippen molar-refractivity contribution in [2.45, 2.75) is 39.7 Å². The van der Waals surface area contributed by atoms with E-state index in [2.05, 4.69) is 46.5 Å². The van der Waals surface area contributed by atoms with Crippen LogP contribution in [-0.2, 0) is 6.42 Å². The SMILES string of the molecule is CCNC(=NCCc1nc(-c2cccc(Cl)c2)no1)NC(C)(C)C.I. The van der Waals surface area contributed by atoms with Gasteiger partial charge in [0.15, 0.2) is 5.96 Å². The van der Waals surface area contributed by atoms with Crippen LogP contribution in [0, 0.1) is 0 Å². The van der Waals surface area contributed by atoms with Crippen molar-refractivity contribution in [2.75, 3.05) is 13.1 Å². The number of halogens is 2. The van der Waals surface area contributed by atoms with Crippen LogP contribution in [0.1, 0.15) is 33.6 Å². The molecule has 6 nitrogen and oxygen atoms in total. The first-order chi connectivity index (χ1) is 11.4. The predicted octanol–water partition coefficient (Wildman–Crippen LogP) is 3.90. The number of benzene rings is 1. The van der Waals surface area contributed by atoms with Crippen molar-refractivity contribution in [2.24, 2.45) is 4.99 Å². The molecule has 0 atom stereocenters. The second-order valence-corrected chi connectivity index (χ2v) is 6.84. The highest BCUT2D eigenvalue weighted by Crippen LogP contribution is 2.19. The molecule has 1 aromatic carbocycles. The summed E-state index contributed by atoms with van der Waals surface area (Å²) in [6.07, 6.45) is 0.578.